The fourth-order valence-electron chi connectivity index (χ4n) is 2.63. The Morgan fingerprint density at radius 1 is 0.767 bits per heavy atom. The molecule has 2 aromatic carbocycles. The monoisotopic (exact) mass is 408 g/mol. The van der Waals surface area contributed by atoms with Crippen molar-refractivity contribution in [3.8, 4) is 0 Å². The lowest BCUT2D eigenvalue weighted by Gasteiger charge is -2.21. The SMILES string of the molecule is C/C(=N/NC(=O)[C@@H](NC(=O)c1ccccc1)C(C)C)[C@@H](C)NC(=O)c1ccccc1. The van der Waals surface area contributed by atoms with Gasteiger partial charge in [-0.1, -0.05) is 50.2 Å². The maximum absolute atomic E-state index is 12.6. The molecule has 3 amide bonds. The summed E-state index contributed by atoms with van der Waals surface area (Å²) >= 11 is 0. The molecular weight excluding hydrogens is 380 g/mol. The summed E-state index contributed by atoms with van der Waals surface area (Å²) in [4.78, 5) is 37.2. The lowest BCUT2D eigenvalue weighted by molar-refractivity contribution is -0.123. The van der Waals surface area contributed by atoms with Crippen molar-refractivity contribution in [2.75, 3.05) is 0 Å². The molecule has 2 atom stereocenters. The predicted molar refractivity (Wildman–Crippen MR) is 117 cm³/mol. The van der Waals surface area contributed by atoms with Gasteiger partial charge in [-0.2, -0.15) is 5.10 Å². The van der Waals surface area contributed by atoms with Gasteiger partial charge in [-0.05, 0) is 44.0 Å². The Morgan fingerprint density at radius 2 is 1.23 bits per heavy atom. The zero-order chi connectivity index (χ0) is 22.1. The van der Waals surface area contributed by atoms with Crippen molar-refractivity contribution in [3.05, 3.63) is 71.8 Å². The first-order valence-electron chi connectivity index (χ1n) is 9.85. The number of amides is 3. The molecule has 0 aliphatic carbocycles. The molecule has 0 aromatic heterocycles. The van der Waals surface area contributed by atoms with Crippen LogP contribution in [-0.4, -0.2) is 35.5 Å². The van der Waals surface area contributed by atoms with Crippen LogP contribution in [0.4, 0.5) is 0 Å². The lowest BCUT2D eigenvalue weighted by atomic mass is 10.0. The summed E-state index contributed by atoms with van der Waals surface area (Å²) in [6.07, 6.45) is 0. The van der Waals surface area contributed by atoms with Crippen LogP contribution < -0.4 is 16.1 Å². The average Bonchev–Trinajstić information content (AvgIpc) is 2.76. The van der Waals surface area contributed by atoms with Crippen LogP contribution in [0.1, 0.15) is 48.4 Å². The molecule has 7 nitrogen and oxygen atoms in total. The molecule has 0 radical (unpaired) electrons. The standard InChI is InChI=1S/C23H28N4O3/c1-15(2)20(25-22(29)19-13-9-6-10-14-19)23(30)27-26-17(4)16(3)24-21(28)18-11-7-5-8-12-18/h5-16,20H,1-4H3,(H,24,28)(H,25,29)(H,27,30)/b26-17-/t16-,20+/m1/s1. The van der Waals surface area contributed by atoms with E-state index in [1.54, 1.807) is 62.4 Å². The van der Waals surface area contributed by atoms with E-state index in [2.05, 4.69) is 21.2 Å². The third kappa shape index (κ3) is 6.55. The Kier molecular flexibility index (Phi) is 8.29. The van der Waals surface area contributed by atoms with Gasteiger partial charge in [-0.15, -0.1) is 0 Å². The summed E-state index contributed by atoms with van der Waals surface area (Å²) in [6, 6.07) is 16.4. The molecule has 158 valence electrons. The molecule has 0 fully saturated rings. The molecule has 30 heavy (non-hydrogen) atoms. The van der Waals surface area contributed by atoms with E-state index in [4.69, 9.17) is 0 Å². The molecule has 0 spiro atoms. The number of hydrazone groups is 1. The fourth-order valence-corrected chi connectivity index (χ4v) is 2.63. The Hall–Kier alpha value is -3.48. The Balaban J connectivity index is 1.96. The number of benzene rings is 2. The molecule has 0 saturated carbocycles. The second kappa shape index (κ2) is 10.9. The van der Waals surface area contributed by atoms with E-state index in [-0.39, 0.29) is 23.8 Å². The zero-order valence-electron chi connectivity index (χ0n) is 17.7. The van der Waals surface area contributed by atoms with Crippen LogP contribution in [0.5, 0.6) is 0 Å². The van der Waals surface area contributed by atoms with Gasteiger partial charge in [0.05, 0.1) is 11.8 Å². The predicted octanol–water partition coefficient (Wildman–Crippen LogP) is 2.75. The van der Waals surface area contributed by atoms with Gasteiger partial charge < -0.3 is 10.6 Å². The van der Waals surface area contributed by atoms with Crippen LogP contribution in [0.15, 0.2) is 65.8 Å². The van der Waals surface area contributed by atoms with Crippen molar-refractivity contribution in [2.24, 2.45) is 11.0 Å². The van der Waals surface area contributed by atoms with Gasteiger partial charge in [0.2, 0.25) is 0 Å². The normalized spacial score (nSPS) is 13.3. The molecular formula is C23H28N4O3. The number of carbonyl (C=O) groups is 3. The first-order valence-corrected chi connectivity index (χ1v) is 9.85. The second-order valence-corrected chi connectivity index (χ2v) is 7.35. The summed E-state index contributed by atoms with van der Waals surface area (Å²) in [5.41, 5.74) is 4.06. The molecule has 2 aromatic rings. The number of hydrogen-bond donors (Lipinski definition) is 3. The molecule has 0 unspecified atom stereocenters. The van der Waals surface area contributed by atoms with E-state index in [1.807, 2.05) is 26.0 Å². The van der Waals surface area contributed by atoms with Gasteiger partial charge in [0, 0.05) is 11.1 Å². The largest absolute Gasteiger partial charge is 0.344 e. The first-order chi connectivity index (χ1) is 14.3. The fraction of sp³-hybridized carbons (Fsp3) is 0.304. The summed E-state index contributed by atoms with van der Waals surface area (Å²) < 4.78 is 0. The van der Waals surface area contributed by atoms with Crippen LogP contribution in [0.25, 0.3) is 0 Å². The Labute approximate surface area is 177 Å². The highest BCUT2D eigenvalue weighted by molar-refractivity contribution is 5.99. The smallest absolute Gasteiger partial charge is 0.262 e. The van der Waals surface area contributed by atoms with Crippen LogP contribution in [0.2, 0.25) is 0 Å². The summed E-state index contributed by atoms with van der Waals surface area (Å²) in [5, 5.41) is 9.69. The van der Waals surface area contributed by atoms with Gasteiger partial charge >= 0.3 is 0 Å². The van der Waals surface area contributed by atoms with Crippen LogP contribution in [-0.2, 0) is 4.79 Å². The average molecular weight is 409 g/mol. The highest BCUT2D eigenvalue weighted by Crippen LogP contribution is 2.06. The van der Waals surface area contributed by atoms with Crippen molar-refractivity contribution < 1.29 is 14.4 Å². The molecule has 7 heteroatoms. The molecule has 0 aliphatic rings. The third-order valence-corrected chi connectivity index (χ3v) is 4.62. The van der Waals surface area contributed by atoms with Crippen molar-refractivity contribution in [1.82, 2.24) is 16.1 Å². The Morgan fingerprint density at radius 3 is 1.70 bits per heavy atom. The minimum atomic E-state index is -0.747. The van der Waals surface area contributed by atoms with Crippen LogP contribution >= 0.6 is 0 Å². The van der Waals surface area contributed by atoms with Crippen molar-refractivity contribution >= 4 is 23.4 Å². The van der Waals surface area contributed by atoms with E-state index in [1.165, 1.54) is 0 Å². The van der Waals surface area contributed by atoms with E-state index in [9.17, 15) is 14.4 Å². The number of hydrogen-bond acceptors (Lipinski definition) is 4. The number of carbonyl (C=O) groups excluding carboxylic acids is 3. The van der Waals surface area contributed by atoms with Crippen LogP contribution in [0, 0.1) is 5.92 Å². The van der Waals surface area contributed by atoms with E-state index in [0.29, 0.717) is 16.8 Å². The molecule has 2 rings (SSSR count). The summed E-state index contributed by atoms with van der Waals surface area (Å²) in [7, 11) is 0. The minimum Gasteiger partial charge on any atom is -0.344 e. The number of nitrogens with one attached hydrogen (secondary N) is 3. The maximum atomic E-state index is 12.6. The van der Waals surface area contributed by atoms with Gasteiger partial charge in [-0.3, -0.25) is 14.4 Å². The first kappa shape index (κ1) is 22.8. The molecule has 0 bridgehead atoms. The number of nitrogens with zero attached hydrogens (tertiary/aromatic N) is 1. The van der Waals surface area contributed by atoms with Crippen molar-refractivity contribution in [1.29, 1.82) is 0 Å². The maximum Gasteiger partial charge on any atom is 0.262 e. The zero-order valence-corrected chi connectivity index (χ0v) is 17.7. The summed E-state index contributed by atoms with van der Waals surface area (Å²) in [5.74, 6) is -1.11. The Bertz CT molecular complexity index is 895. The van der Waals surface area contributed by atoms with Crippen LogP contribution in [0.3, 0.4) is 0 Å². The van der Waals surface area contributed by atoms with Gasteiger partial charge in [0.15, 0.2) is 0 Å². The quantitative estimate of drug-likeness (QED) is 0.463. The van der Waals surface area contributed by atoms with Gasteiger partial charge in [-0.25, -0.2) is 5.43 Å². The third-order valence-electron chi connectivity index (χ3n) is 4.62. The molecule has 0 aliphatic heterocycles. The molecule has 0 heterocycles. The van der Waals surface area contributed by atoms with E-state index >= 15 is 0 Å². The second-order valence-electron chi connectivity index (χ2n) is 7.35. The lowest BCUT2D eigenvalue weighted by Crippen LogP contribution is -2.49. The van der Waals surface area contributed by atoms with Gasteiger partial charge in [0.1, 0.15) is 6.04 Å². The summed E-state index contributed by atoms with van der Waals surface area (Å²) in [6.45, 7) is 7.18. The van der Waals surface area contributed by atoms with E-state index in [0.717, 1.165) is 0 Å². The van der Waals surface area contributed by atoms with Gasteiger partial charge in [0.25, 0.3) is 17.7 Å². The number of rotatable bonds is 8. The molecule has 0 saturated heterocycles. The van der Waals surface area contributed by atoms with Crippen molar-refractivity contribution in [2.45, 2.75) is 39.8 Å². The highest BCUT2D eigenvalue weighted by atomic mass is 16.2. The van der Waals surface area contributed by atoms with E-state index < -0.39 is 11.9 Å². The van der Waals surface area contributed by atoms with Crippen molar-refractivity contribution in [3.63, 3.8) is 0 Å². The molecule has 3 N–H and O–H groups in total. The minimum absolute atomic E-state index is 0.136. The topological polar surface area (TPSA) is 99.7 Å². The highest BCUT2D eigenvalue weighted by Gasteiger charge is 2.24.